The van der Waals surface area contributed by atoms with Gasteiger partial charge in [-0.15, -0.1) is 0 Å². The SMILES string of the molecule is CCn1ccc2c(C(=O)c3ccc(C(F)(F)F)nc3)n(C)nc2c1=O. The fourth-order valence-electron chi connectivity index (χ4n) is 2.58. The van der Waals surface area contributed by atoms with E-state index >= 15 is 0 Å². The second-order valence-corrected chi connectivity index (χ2v) is 5.40. The maximum atomic E-state index is 12.7. The highest BCUT2D eigenvalue weighted by molar-refractivity contribution is 6.14. The van der Waals surface area contributed by atoms with Crippen LogP contribution in [0.25, 0.3) is 10.9 Å². The van der Waals surface area contributed by atoms with Gasteiger partial charge in [-0.05, 0) is 25.1 Å². The fraction of sp³-hybridized carbons (Fsp3) is 0.250. The predicted molar refractivity (Wildman–Crippen MR) is 83.3 cm³/mol. The first kappa shape index (κ1) is 16.9. The van der Waals surface area contributed by atoms with Crippen molar-refractivity contribution in [2.75, 3.05) is 0 Å². The number of hydrogen-bond donors (Lipinski definition) is 0. The van der Waals surface area contributed by atoms with Gasteiger partial charge in [-0.1, -0.05) is 0 Å². The molecule has 3 rings (SSSR count). The first-order valence-electron chi connectivity index (χ1n) is 7.38. The quantitative estimate of drug-likeness (QED) is 0.680. The number of pyridine rings is 2. The molecule has 9 heteroatoms. The lowest BCUT2D eigenvalue weighted by Crippen LogP contribution is -2.18. The van der Waals surface area contributed by atoms with Crippen LogP contribution in [-0.2, 0) is 19.8 Å². The van der Waals surface area contributed by atoms with E-state index in [0.717, 1.165) is 18.3 Å². The monoisotopic (exact) mass is 350 g/mol. The Balaban J connectivity index is 2.10. The van der Waals surface area contributed by atoms with Crippen molar-refractivity contribution in [3.05, 3.63) is 57.9 Å². The standard InChI is InChI=1S/C16H13F3N4O2/c1-3-23-7-6-10-12(15(23)25)21-22(2)13(10)14(24)9-4-5-11(20-8-9)16(17,18)19/h4-8H,3H2,1-2H3. The highest BCUT2D eigenvalue weighted by Gasteiger charge is 2.32. The van der Waals surface area contributed by atoms with E-state index in [9.17, 15) is 22.8 Å². The number of nitrogens with zero attached hydrogens (tertiary/aromatic N) is 4. The summed E-state index contributed by atoms with van der Waals surface area (Å²) in [5.41, 5.74) is -1.17. The van der Waals surface area contributed by atoms with Gasteiger partial charge in [0.15, 0.2) is 5.52 Å². The van der Waals surface area contributed by atoms with E-state index in [1.165, 1.54) is 16.3 Å². The van der Waals surface area contributed by atoms with Gasteiger partial charge in [-0.25, -0.2) is 0 Å². The highest BCUT2D eigenvalue weighted by atomic mass is 19.4. The largest absolute Gasteiger partial charge is 0.433 e. The minimum atomic E-state index is -4.58. The molecule has 0 aromatic carbocycles. The third-order valence-corrected chi connectivity index (χ3v) is 3.84. The fourth-order valence-corrected chi connectivity index (χ4v) is 2.58. The Morgan fingerprint density at radius 3 is 2.52 bits per heavy atom. The van der Waals surface area contributed by atoms with Crippen molar-refractivity contribution in [2.45, 2.75) is 19.6 Å². The molecule has 130 valence electrons. The molecule has 0 fully saturated rings. The molecule has 0 spiro atoms. The second-order valence-electron chi connectivity index (χ2n) is 5.40. The summed E-state index contributed by atoms with van der Waals surface area (Å²) in [5, 5.41) is 4.44. The second kappa shape index (κ2) is 5.83. The maximum absolute atomic E-state index is 12.7. The molecule has 0 bridgehead atoms. The smallest absolute Gasteiger partial charge is 0.314 e. The number of halogens is 3. The van der Waals surface area contributed by atoms with Crippen LogP contribution in [0, 0.1) is 0 Å². The number of carbonyl (C=O) groups excluding carboxylic acids is 1. The minimum absolute atomic E-state index is 0.0161. The van der Waals surface area contributed by atoms with E-state index < -0.39 is 17.7 Å². The molecule has 0 saturated carbocycles. The van der Waals surface area contributed by atoms with Crippen LogP contribution in [0.4, 0.5) is 13.2 Å². The summed E-state index contributed by atoms with van der Waals surface area (Å²) in [7, 11) is 1.50. The molecule has 0 N–H and O–H groups in total. The zero-order valence-corrected chi connectivity index (χ0v) is 13.3. The van der Waals surface area contributed by atoms with Crippen molar-refractivity contribution in [2.24, 2.45) is 7.05 Å². The van der Waals surface area contributed by atoms with Gasteiger partial charge in [0.25, 0.3) is 5.56 Å². The maximum Gasteiger partial charge on any atom is 0.433 e. The third-order valence-electron chi connectivity index (χ3n) is 3.84. The molecule has 3 heterocycles. The van der Waals surface area contributed by atoms with Gasteiger partial charge in [0.05, 0.1) is 0 Å². The molecule has 0 aliphatic carbocycles. The molecule has 0 aliphatic heterocycles. The summed E-state index contributed by atoms with van der Waals surface area (Å²) in [5.74, 6) is -0.556. The Bertz CT molecular complexity index is 1020. The first-order valence-corrected chi connectivity index (χ1v) is 7.38. The third kappa shape index (κ3) is 2.81. The van der Waals surface area contributed by atoms with Crippen LogP contribution < -0.4 is 5.56 Å². The van der Waals surface area contributed by atoms with Crippen molar-refractivity contribution < 1.29 is 18.0 Å². The van der Waals surface area contributed by atoms with E-state index in [1.807, 2.05) is 0 Å². The number of fused-ring (bicyclic) bond motifs is 1. The van der Waals surface area contributed by atoms with Crippen LogP contribution in [0.2, 0.25) is 0 Å². The van der Waals surface area contributed by atoms with Crippen LogP contribution in [0.3, 0.4) is 0 Å². The van der Waals surface area contributed by atoms with Gasteiger partial charge in [-0.2, -0.15) is 18.3 Å². The summed E-state index contributed by atoms with van der Waals surface area (Å²) in [6, 6.07) is 3.40. The van der Waals surface area contributed by atoms with Crippen LogP contribution in [0.5, 0.6) is 0 Å². The first-order chi connectivity index (χ1) is 11.7. The molecule has 0 saturated heterocycles. The molecular weight excluding hydrogens is 337 g/mol. The zero-order chi connectivity index (χ0) is 18.4. The molecule has 6 nitrogen and oxygen atoms in total. The van der Waals surface area contributed by atoms with E-state index in [4.69, 9.17) is 0 Å². The molecule has 25 heavy (non-hydrogen) atoms. The van der Waals surface area contributed by atoms with Crippen molar-refractivity contribution in [3.8, 4) is 0 Å². The average molecular weight is 350 g/mol. The lowest BCUT2D eigenvalue weighted by molar-refractivity contribution is -0.141. The van der Waals surface area contributed by atoms with Gasteiger partial charge in [-0.3, -0.25) is 19.3 Å². The molecule has 3 aromatic rings. The predicted octanol–water partition coefficient (Wildman–Crippen LogP) is 2.40. The summed E-state index contributed by atoms with van der Waals surface area (Å²) in [6.07, 6.45) is -2.16. The molecule has 0 amide bonds. The summed E-state index contributed by atoms with van der Waals surface area (Å²) in [6.45, 7) is 2.26. The van der Waals surface area contributed by atoms with E-state index in [2.05, 4.69) is 10.1 Å². The summed E-state index contributed by atoms with van der Waals surface area (Å²) in [4.78, 5) is 28.2. The number of ketones is 1. The average Bonchev–Trinajstić information content (AvgIpc) is 2.91. The highest BCUT2D eigenvalue weighted by Crippen LogP contribution is 2.27. The number of aryl methyl sites for hydroxylation is 2. The molecule has 3 aromatic heterocycles. The van der Waals surface area contributed by atoms with E-state index in [1.54, 1.807) is 19.2 Å². The molecule has 0 unspecified atom stereocenters. The van der Waals surface area contributed by atoms with Crippen molar-refractivity contribution in [1.29, 1.82) is 0 Å². The van der Waals surface area contributed by atoms with Crippen molar-refractivity contribution >= 4 is 16.7 Å². The molecule has 0 radical (unpaired) electrons. The normalized spacial score (nSPS) is 11.9. The number of rotatable bonds is 3. The topological polar surface area (TPSA) is 69.8 Å². The lowest BCUT2D eigenvalue weighted by Gasteiger charge is -2.06. The van der Waals surface area contributed by atoms with Crippen molar-refractivity contribution in [3.63, 3.8) is 0 Å². The Morgan fingerprint density at radius 2 is 1.96 bits per heavy atom. The van der Waals surface area contributed by atoms with Gasteiger partial charge >= 0.3 is 6.18 Å². The van der Waals surface area contributed by atoms with Crippen LogP contribution >= 0.6 is 0 Å². The lowest BCUT2D eigenvalue weighted by atomic mass is 10.1. The summed E-state index contributed by atoms with van der Waals surface area (Å²) >= 11 is 0. The molecule has 0 atom stereocenters. The number of hydrogen-bond acceptors (Lipinski definition) is 4. The number of aromatic nitrogens is 4. The van der Waals surface area contributed by atoms with Gasteiger partial charge in [0.1, 0.15) is 11.4 Å². The van der Waals surface area contributed by atoms with Crippen LogP contribution in [0.15, 0.2) is 35.4 Å². The zero-order valence-electron chi connectivity index (χ0n) is 13.3. The Morgan fingerprint density at radius 1 is 1.24 bits per heavy atom. The Labute approximate surface area is 139 Å². The number of carbonyl (C=O) groups is 1. The van der Waals surface area contributed by atoms with Crippen LogP contribution in [0.1, 0.15) is 28.7 Å². The van der Waals surface area contributed by atoms with E-state index in [-0.39, 0.29) is 22.3 Å². The Hall–Kier alpha value is -2.97. The van der Waals surface area contributed by atoms with Crippen LogP contribution in [-0.4, -0.2) is 25.1 Å². The van der Waals surface area contributed by atoms with Gasteiger partial charge in [0, 0.05) is 36.9 Å². The minimum Gasteiger partial charge on any atom is -0.314 e. The van der Waals surface area contributed by atoms with Gasteiger partial charge in [0.2, 0.25) is 5.78 Å². The van der Waals surface area contributed by atoms with E-state index in [0.29, 0.717) is 11.9 Å². The van der Waals surface area contributed by atoms with Crippen molar-refractivity contribution in [1.82, 2.24) is 19.3 Å². The summed E-state index contributed by atoms with van der Waals surface area (Å²) < 4.78 is 40.5. The molecular formula is C16H13F3N4O2. The van der Waals surface area contributed by atoms with Gasteiger partial charge < -0.3 is 4.57 Å². The Kier molecular flexibility index (Phi) is 3.94. The number of alkyl halides is 3. The molecule has 0 aliphatic rings.